The Balaban J connectivity index is 1.75. The number of urea groups is 1. The fraction of sp³-hybridized carbons (Fsp3) is 0.875. The van der Waals surface area contributed by atoms with E-state index in [-0.39, 0.29) is 11.9 Å². The molecular formula is C16H28N2O3. The van der Waals surface area contributed by atoms with Crippen LogP contribution in [0, 0.1) is 11.8 Å². The second-order valence-electron chi connectivity index (χ2n) is 6.78. The first kappa shape index (κ1) is 16.1. The van der Waals surface area contributed by atoms with Gasteiger partial charge in [0.05, 0.1) is 5.92 Å². The maximum Gasteiger partial charge on any atom is 0.317 e. The second kappa shape index (κ2) is 7.14. The summed E-state index contributed by atoms with van der Waals surface area (Å²) in [7, 11) is 0. The summed E-state index contributed by atoms with van der Waals surface area (Å²) < 4.78 is 0. The number of carbonyl (C=O) groups excluding carboxylic acids is 1. The van der Waals surface area contributed by atoms with E-state index >= 15 is 0 Å². The largest absolute Gasteiger partial charge is 0.481 e. The number of hydrogen-bond donors (Lipinski definition) is 2. The van der Waals surface area contributed by atoms with Gasteiger partial charge >= 0.3 is 12.0 Å². The van der Waals surface area contributed by atoms with Gasteiger partial charge in [-0.1, -0.05) is 0 Å². The van der Waals surface area contributed by atoms with Crippen LogP contribution in [0.2, 0.25) is 0 Å². The van der Waals surface area contributed by atoms with Crippen molar-refractivity contribution in [3.8, 4) is 0 Å². The first-order valence-electron chi connectivity index (χ1n) is 8.28. The Bertz CT molecular complexity index is 368. The fourth-order valence-electron chi connectivity index (χ4n) is 3.76. The Labute approximate surface area is 127 Å². The van der Waals surface area contributed by atoms with Gasteiger partial charge in [0, 0.05) is 18.6 Å². The van der Waals surface area contributed by atoms with Crippen LogP contribution in [0.3, 0.4) is 0 Å². The molecule has 1 aliphatic heterocycles. The molecule has 2 amide bonds. The minimum atomic E-state index is -0.673. The number of nitrogens with one attached hydrogen (secondary N) is 1. The Hall–Kier alpha value is -1.26. The molecule has 120 valence electrons. The molecule has 0 bridgehead atoms. The summed E-state index contributed by atoms with van der Waals surface area (Å²) in [6.07, 6.45) is 6.66. The molecule has 1 saturated carbocycles. The zero-order valence-corrected chi connectivity index (χ0v) is 13.2. The molecule has 2 fully saturated rings. The number of carboxylic acids is 1. The molecule has 0 aromatic heterocycles. The molecule has 1 saturated heterocycles. The van der Waals surface area contributed by atoms with Gasteiger partial charge in [0.15, 0.2) is 0 Å². The van der Waals surface area contributed by atoms with Crippen LogP contribution in [0.4, 0.5) is 4.79 Å². The number of carboxylic acid groups (broad SMARTS) is 1. The molecule has 2 N–H and O–H groups in total. The molecule has 1 heterocycles. The number of piperidine rings is 1. The second-order valence-corrected chi connectivity index (χ2v) is 6.78. The van der Waals surface area contributed by atoms with Crippen LogP contribution in [-0.2, 0) is 4.79 Å². The molecule has 21 heavy (non-hydrogen) atoms. The van der Waals surface area contributed by atoms with Crippen LogP contribution in [0.25, 0.3) is 0 Å². The third-order valence-corrected chi connectivity index (χ3v) is 5.17. The van der Waals surface area contributed by atoms with Gasteiger partial charge in [-0.05, 0) is 64.7 Å². The molecule has 0 aromatic rings. The van der Waals surface area contributed by atoms with Crippen molar-refractivity contribution in [3.63, 3.8) is 0 Å². The fourth-order valence-corrected chi connectivity index (χ4v) is 3.76. The van der Waals surface area contributed by atoms with Gasteiger partial charge < -0.3 is 15.3 Å². The average Bonchev–Trinajstić information content (AvgIpc) is 2.45. The Morgan fingerprint density at radius 2 is 1.62 bits per heavy atom. The summed E-state index contributed by atoms with van der Waals surface area (Å²) in [6.45, 7) is 4.92. The van der Waals surface area contributed by atoms with E-state index in [0.29, 0.717) is 24.5 Å². The van der Waals surface area contributed by atoms with Crippen molar-refractivity contribution >= 4 is 12.0 Å². The van der Waals surface area contributed by atoms with E-state index in [1.165, 1.54) is 6.42 Å². The first-order valence-corrected chi connectivity index (χ1v) is 8.28. The lowest BCUT2D eigenvalue weighted by Crippen LogP contribution is -2.52. The van der Waals surface area contributed by atoms with Crippen LogP contribution >= 0.6 is 0 Å². The highest BCUT2D eigenvalue weighted by molar-refractivity contribution is 5.75. The predicted octanol–water partition coefficient (Wildman–Crippen LogP) is 2.85. The monoisotopic (exact) mass is 296 g/mol. The molecular weight excluding hydrogens is 268 g/mol. The van der Waals surface area contributed by atoms with E-state index < -0.39 is 5.97 Å². The number of carbonyl (C=O) groups is 2. The van der Waals surface area contributed by atoms with Gasteiger partial charge in [-0.2, -0.15) is 0 Å². The maximum absolute atomic E-state index is 12.4. The molecule has 1 aliphatic carbocycles. The Morgan fingerprint density at radius 1 is 1.05 bits per heavy atom. The number of aliphatic carboxylic acids is 1. The molecule has 0 radical (unpaired) electrons. The molecule has 2 rings (SSSR count). The number of amides is 2. The van der Waals surface area contributed by atoms with E-state index in [1.807, 2.05) is 4.90 Å². The third-order valence-electron chi connectivity index (χ3n) is 5.17. The van der Waals surface area contributed by atoms with Gasteiger partial charge in [0.2, 0.25) is 0 Å². The molecule has 2 atom stereocenters. The number of hydrogen-bond acceptors (Lipinski definition) is 2. The lowest BCUT2D eigenvalue weighted by molar-refractivity contribution is -0.143. The van der Waals surface area contributed by atoms with E-state index in [1.54, 1.807) is 0 Å². The topological polar surface area (TPSA) is 69.6 Å². The normalized spacial score (nSPS) is 33.5. The summed E-state index contributed by atoms with van der Waals surface area (Å²) >= 11 is 0. The van der Waals surface area contributed by atoms with Crippen LogP contribution in [0.15, 0.2) is 0 Å². The van der Waals surface area contributed by atoms with Gasteiger partial charge in [-0.3, -0.25) is 4.79 Å². The van der Waals surface area contributed by atoms with Gasteiger partial charge in [0.1, 0.15) is 0 Å². The molecule has 0 aromatic carbocycles. The highest BCUT2D eigenvalue weighted by Gasteiger charge is 2.30. The summed E-state index contributed by atoms with van der Waals surface area (Å²) in [5, 5.41) is 12.1. The molecule has 5 nitrogen and oxygen atoms in total. The van der Waals surface area contributed by atoms with Crippen molar-refractivity contribution in [2.75, 3.05) is 6.54 Å². The van der Waals surface area contributed by atoms with E-state index in [0.717, 1.165) is 38.5 Å². The number of rotatable bonds is 3. The minimum Gasteiger partial charge on any atom is -0.481 e. The van der Waals surface area contributed by atoms with Crippen molar-refractivity contribution < 1.29 is 14.7 Å². The average molecular weight is 296 g/mol. The van der Waals surface area contributed by atoms with Crippen molar-refractivity contribution in [3.05, 3.63) is 0 Å². The quantitative estimate of drug-likeness (QED) is 0.841. The minimum absolute atomic E-state index is 0.0510. The zero-order valence-electron chi connectivity index (χ0n) is 13.2. The van der Waals surface area contributed by atoms with Crippen LogP contribution in [-0.4, -0.2) is 40.6 Å². The Morgan fingerprint density at radius 3 is 2.14 bits per heavy atom. The van der Waals surface area contributed by atoms with Crippen LogP contribution < -0.4 is 5.32 Å². The van der Waals surface area contributed by atoms with Crippen LogP contribution in [0.5, 0.6) is 0 Å². The molecule has 5 heteroatoms. The Kier molecular flexibility index (Phi) is 5.48. The van der Waals surface area contributed by atoms with E-state index in [9.17, 15) is 9.59 Å². The van der Waals surface area contributed by atoms with Gasteiger partial charge in [-0.15, -0.1) is 0 Å². The maximum atomic E-state index is 12.4. The van der Waals surface area contributed by atoms with Gasteiger partial charge in [-0.25, -0.2) is 4.79 Å². The van der Waals surface area contributed by atoms with Crippen molar-refractivity contribution in [1.82, 2.24) is 10.2 Å². The lowest BCUT2D eigenvalue weighted by atomic mass is 9.82. The highest BCUT2D eigenvalue weighted by atomic mass is 16.4. The summed E-state index contributed by atoms with van der Waals surface area (Å²) in [6, 6.07) is 0.683. The SMILES string of the molecule is CC1CCCC(C)N1C(=O)NCC1CCC(C(=O)O)CC1. The van der Waals surface area contributed by atoms with Gasteiger partial charge in [0.25, 0.3) is 0 Å². The lowest BCUT2D eigenvalue weighted by Gasteiger charge is -2.39. The van der Waals surface area contributed by atoms with Crippen LogP contribution in [0.1, 0.15) is 58.8 Å². The third kappa shape index (κ3) is 4.11. The zero-order chi connectivity index (χ0) is 15.4. The molecule has 2 unspecified atom stereocenters. The van der Waals surface area contributed by atoms with E-state index in [2.05, 4.69) is 19.2 Å². The van der Waals surface area contributed by atoms with Crippen molar-refractivity contribution in [2.45, 2.75) is 70.9 Å². The molecule has 2 aliphatic rings. The van der Waals surface area contributed by atoms with Crippen molar-refractivity contribution in [1.29, 1.82) is 0 Å². The summed E-state index contributed by atoms with van der Waals surface area (Å²) in [5.41, 5.74) is 0. The first-order chi connectivity index (χ1) is 9.99. The smallest absolute Gasteiger partial charge is 0.317 e. The number of likely N-dealkylation sites (tertiary alicyclic amines) is 1. The summed E-state index contributed by atoms with van der Waals surface area (Å²) in [5.74, 6) is -0.424. The standard InChI is InChI=1S/C16H28N2O3/c1-11-4-3-5-12(2)18(11)16(21)17-10-13-6-8-14(9-7-13)15(19)20/h11-14H,3-10H2,1-2H3,(H,17,21)(H,19,20). The number of nitrogens with zero attached hydrogens (tertiary/aromatic N) is 1. The molecule has 0 spiro atoms. The van der Waals surface area contributed by atoms with E-state index in [4.69, 9.17) is 5.11 Å². The van der Waals surface area contributed by atoms with Crippen molar-refractivity contribution in [2.24, 2.45) is 11.8 Å². The highest BCUT2D eigenvalue weighted by Crippen LogP contribution is 2.28. The summed E-state index contributed by atoms with van der Waals surface area (Å²) in [4.78, 5) is 25.3. The predicted molar refractivity (Wildman–Crippen MR) is 81.1 cm³/mol.